The monoisotopic (exact) mass is 379 g/mol. The summed E-state index contributed by atoms with van der Waals surface area (Å²) in [5, 5.41) is 10.8. The first-order chi connectivity index (χ1) is 13.5. The molecule has 142 valence electrons. The van der Waals surface area contributed by atoms with Crippen LogP contribution in [0.25, 0.3) is 16.8 Å². The van der Waals surface area contributed by atoms with Crippen LogP contribution in [0.15, 0.2) is 65.5 Å². The third kappa shape index (κ3) is 3.37. The number of ether oxygens (including phenoxy) is 2. The van der Waals surface area contributed by atoms with Gasteiger partial charge >= 0.3 is 11.9 Å². The summed E-state index contributed by atoms with van der Waals surface area (Å²) in [5.41, 5.74) is 0.730. The van der Waals surface area contributed by atoms with E-state index in [-0.39, 0.29) is 22.4 Å². The summed E-state index contributed by atoms with van der Waals surface area (Å²) in [6.45, 7) is 0. The van der Waals surface area contributed by atoms with E-state index >= 15 is 0 Å². The molecule has 7 heteroatoms. The molecule has 0 amide bonds. The van der Waals surface area contributed by atoms with Crippen molar-refractivity contribution >= 4 is 11.9 Å². The Bertz CT molecular complexity index is 1080. The molecular formula is C21H17NO6. The molecule has 2 aromatic carbocycles. The van der Waals surface area contributed by atoms with E-state index < -0.39 is 23.4 Å². The summed E-state index contributed by atoms with van der Waals surface area (Å²) in [4.78, 5) is 36.7. The highest BCUT2D eigenvalue weighted by Crippen LogP contribution is 2.30. The SMILES string of the molecule is COC(=O)c1ccc(-n2c(O)c(C(=O)OC)c(-c3ccccc3)cc2=O)cc1. The van der Waals surface area contributed by atoms with Crippen molar-refractivity contribution in [2.75, 3.05) is 14.2 Å². The van der Waals surface area contributed by atoms with Crippen molar-refractivity contribution in [3.8, 4) is 22.7 Å². The number of hydrogen-bond acceptors (Lipinski definition) is 6. The predicted molar refractivity (Wildman–Crippen MR) is 102 cm³/mol. The summed E-state index contributed by atoms with van der Waals surface area (Å²) in [5.74, 6) is -1.86. The van der Waals surface area contributed by atoms with Crippen molar-refractivity contribution in [1.82, 2.24) is 4.57 Å². The molecule has 0 spiro atoms. The third-order valence-corrected chi connectivity index (χ3v) is 4.21. The number of nitrogens with zero attached hydrogens (tertiary/aromatic N) is 1. The summed E-state index contributed by atoms with van der Waals surface area (Å²) in [6.07, 6.45) is 0. The molecule has 28 heavy (non-hydrogen) atoms. The third-order valence-electron chi connectivity index (χ3n) is 4.21. The lowest BCUT2D eigenvalue weighted by atomic mass is 10.0. The van der Waals surface area contributed by atoms with Gasteiger partial charge in [0.2, 0.25) is 5.88 Å². The summed E-state index contributed by atoms with van der Waals surface area (Å²) in [6, 6.07) is 15.8. The van der Waals surface area contributed by atoms with E-state index in [4.69, 9.17) is 4.74 Å². The molecule has 0 aliphatic heterocycles. The zero-order valence-corrected chi connectivity index (χ0v) is 15.2. The molecule has 3 aromatic rings. The lowest BCUT2D eigenvalue weighted by molar-refractivity contribution is 0.0589. The Morgan fingerprint density at radius 3 is 2.07 bits per heavy atom. The number of aromatic nitrogens is 1. The number of carbonyl (C=O) groups excluding carboxylic acids is 2. The number of aromatic hydroxyl groups is 1. The summed E-state index contributed by atoms with van der Waals surface area (Å²) < 4.78 is 10.4. The molecule has 0 bridgehead atoms. The second-order valence-electron chi connectivity index (χ2n) is 5.83. The number of carbonyl (C=O) groups is 2. The van der Waals surface area contributed by atoms with Gasteiger partial charge in [0, 0.05) is 11.6 Å². The van der Waals surface area contributed by atoms with Crippen molar-refractivity contribution < 1.29 is 24.2 Å². The van der Waals surface area contributed by atoms with Gasteiger partial charge in [0.1, 0.15) is 5.56 Å². The van der Waals surface area contributed by atoms with Crippen molar-refractivity contribution in [3.05, 3.63) is 82.1 Å². The molecule has 1 heterocycles. The van der Waals surface area contributed by atoms with Crippen molar-refractivity contribution in [1.29, 1.82) is 0 Å². The Balaban J connectivity index is 2.23. The smallest absolute Gasteiger partial charge is 0.343 e. The van der Waals surface area contributed by atoms with Gasteiger partial charge < -0.3 is 14.6 Å². The van der Waals surface area contributed by atoms with Gasteiger partial charge in [0.15, 0.2) is 0 Å². The van der Waals surface area contributed by atoms with E-state index in [1.54, 1.807) is 30.3 Å². The number of hydrogen-bond donors (Lipinski definition) is 1. The normalized spacial score (nSPS) is 10.4. The average Bonchev–Trinajstić information content (AvgIpc) is 2.73. The van der Waals surface area contributed by atoms with Crippen LogP contribution in [-0.2, 0) is 9.47 Å². The van der Waals surface area contributed by atoms with Crippen LogP contribution in [0.5, 0.6) is 5.88 Å². The summed E-state index contributed by atoms with van der Waals surface area (Å²) >= 11 is 0. The van der Waals surface area contributed by atoms with Gasteiger partial charge in [-0.2, -0.15) is 0 Å². The highest BCUT2D eigenvalue weighted by molar-refractivity contribution is 5.99. The molecule has 0 unspecified atom stereocenters. The number of rotatable bonds is 4. The Labute approximate surface area is 160 Å². The molecule has 3 rings (SSSR count). The predicted octanol–water partition coefficient (Wildman–Crippen LogP) is 2.78. The Morgan fingerprint density at radius 2 is 1.50 bits per heavy atom. The zero-order valence-electron chi connectivity index (χ0n) is 15.2. The van der Waals surface area contributed by atoms with E-state index in [9.17, 15) is 19.5 Å². The molecule has 0 saturated heterocycles. The fourth-order valence-corrected chi connectivity index (χ4v) is 2.86. The molecule has 0 aliphatic rings. The highest BCUT2D eigenvalue weighted by Gasteiger charge is 2.24. The minimum Gasteiger partial charge on any atom is -0.493 e. The van der Waals surface area contributed by atoms with Gasteiger partial charge in [-0.05, 0) is 29.8 Å². The topological polar surface area (TPSA) is 94.8 Å². The largest absolute Gasteiger partial charge is 0.493 e. The van der Waals surface area contributed by atoms with Crippen LogP contribution in [0.4, 0.5) is 0 Å². The minimum atomic E-state index is -0.781. The maximum Gasteiger partial charge on any atom is 0.343 e. The average molecular weight is 379 g/mol. The van der Waals surface area contributed by atoms with Crippen LogP contribution >= 0.6 is 0 Å². The van der Waals surface area contributed by atoms with Crippen LogP contribution in [-0.4, -0.2) is 35.8 Å². The maximum absolute atomic E-state index is 12.7. The van der Waals surface area contributed by atoms with Gasteiger partial charge in [0.25, 0.3) is 5.56 Å². The number of benzene rings is 2. The van der Waals surface area contributed by atoms with Crippen LogP contribution in [0, 0.1) is 0 Å². The molecule has 1 N–H and O–H groups in total. The molecule has 7 nitrogen and oxygen atoms in total. The Morgan fingerprint density at radius 1 is 0.893 bits per heavy atom. The van der Waals surface area contributed by atoms with E-state index in [0.717, 1.165) is 4.57 Å². The number of pyridine rings is 1. The van der Waals surface area contributed by atoms with Crippen LogP contribution < -0.4 is 5.56 Å². The first-order valence-electron chi connectivity index (χ1n) is 8.29. The highest BCUT2D eigenvalue weighted by atomic mass is 16.5. The molecule has 0 radical (unpaired) electrons. The Hall–Kier alpha value is -3.87. The van der Waals surface area contributed by atoms with Crippen LogP contribution in [0.3, 0.4) is 0 Å². The molecule has 0 saturated carbocycles. The molecular weight excluding hydrogens is 362 g/mol. The van der Waals surface area contributed by atoms with Gasteiger partial charge in [-0.25, -0.2) is 14.2 Å². The minimum absolute atomic E-state index is 0.134. The van der Waals surface area contributed by atoms with Gasteiger partial charge in [-0.15, -0.1) is 0 Å². The Kier molecular flexibility index (Phi) is 5.26. The summed E-state index contributed by atoms with van der Waals surface area (Å²) in [7, 11) is 2.45. The van der Waals surface area contributed by atoms with E-state index in [2.05, 4.69) is 4.74 Å². The molecule has 0 atom stereocenters. The van der Waals surface area contributed by atoms with Gasteiger partial charge in [0.05, 0.1) is 25.5 Å². The van der Waals surface area contributed by atoms with Gasteiger partial charge in [-0.1, -0.05) is 30.3 Å². The van der Waals surface area contributed by atoms with Crippen LogP contribution in [0.2, 0.25) is 0 Å². The fourth-order valence-electron chi connectivity index (χ4n) is 2.86. The van der Waals surface area contributed by atoms with Gasteiger partial charge in [-0.3, -0.25) is 4.79 Å². The maximum atomic E-state index is 12.7. The zero-order chi connectivity index (χ0) is 20.3. The standard InChI is InChI=1S/C21H17NO6/c1-27-20(25)14-8-10-15(11-9-14)22-17(23)12-16(13-6-4-3-5-7-13)18(19(22)24)21(26)28-2/h3-12,24H,1-2H3. The first kappa shape index (κ1) is 18.9. The number of methoxy groups -OCH3 is 2. The second-order valence-corrected chi connectivity index (χ2v) is 5.83. The lowest BCUT2D eigenvalue weighted by Crippen LogP contribution is -2.21. The van der Waals surface area contributed by atoms with Crippen LogP contribution in [0.1, 0.15) is 20.7 Å². The van der Waals surface area contributed by atoms with E-state index in [1.165, 1.54) is 44.6 Å². The number of esters is 2. The van der Waals surface area contributed by atoms with Crippen molar-refractivity contribution in [2.45, 2.75) is 0 Å². The second kappa shape index (κ2) is 7.79. The quantitative estimate of drug-likeness (QED) is 0.701. The van der Waals surface area contributed by atoms with Crippen molar-refractivity contribution in [2.24, 2.45) is 0 Å². The molecule has 1 aromatic heterocycles. The first-order valence-corrected chi connectivity index (χ1v) is 8.29. The molecule has 0 aliphatic carbocycles. The molecule has 0 fully saturated rings. The van der Waals surface area contributed by atoms with E-state index in [1.807, 2.05) is 0 Å². The fraction of sp³-hybridized carbons (Fsp3) is 0.0952. The van der Waals surface area contributed by atoms with E-state index in [0.29, 0.717) is 5.56 Å². The van der Waals surface area contributed by atoms with Crippen molar-refractivity contribution in [3.63, 3.8) is 0 Å². The lowest BCUT2D eigenvalue weighted by Gasteiger charge is -2.15.